The van der Waals surface area contributed by atoms with Crippen LogP contribution in [0.2, 0.25) is 0 Å². The maximum atomic E-state index is 13.7. The summed E-state index contributed by atoms with van der Waals surface area (Å²) >= 11 is 0. The number of benzene rings is 2. The molecule has 2 atom stereocenters. The van der Waals surface area contributed by atoms with Gasteiger partial charge in [0.05, 0.1) is 54.5 Å². The molecular formula is C29H27F6N5O3. The molecule has 1 amide bonds. The minimum Gasteiger partial charge on any atom is -0.497 e. The van der Waals surface area contributed by atoms with Gasteiger partial charge in [0, 0.05) is 18.2 Å². The summed E-state index contributed by atoms with van der Waals surface area (Å²) in [6, 6.07) is 6.97. The highest BCUT2D eigenvalue weighted by molar-refractivity contribution is 5.90. The van der Waals surface area contributed by atoms with Crippen LogP contribution < -0.4 is 14.5 Å². The Morgan fingerprint density at radius 2 is 1.67 bits per heavy atom. The lowest BCUT2D eigenvalue weighted by Gasteiger charge is -2.44. The van der Waals surface area contributed by atoms with E-state index in [4.69, 9.17) is 9.47 Å². The fourth-order valence-corrected chi connectivity index (χ4v) is 5.07. The maximum Gasteiger partial charge on any atom is 0.416 e. The SMILES string of the molecule is CCOC(=O)N1c2ccc(OC)cc2C(N(Cc2cc(C(F)(F)F)cc(C(F)(F)F)c2)c2ncc(C#N)cn2)CC1CC. The molecule has 0 radical (unpaired) electrons. The van der Waals surface area contributed by atoms with Crippen molar-refractivity contribution in [3.05, 3.63) is 76.6 Å². The molecule has 2 aromatic carbocycles. The van der Waals surface area contributed by atoms with Gasteiger partial charge < -0.3 is 14.4 Å². The van der Waals surface area contributed by atoms with Crippen LogP contribution in [-0.2, 0) is 23.6 Å². The fourth-order valence-electron chi connectivity index (χ4n) is 5.07. The summed E-state index contributed by atoms with van der Waals surface area (Å²) < 4.78 is 92.9. The topological polar surface area (TPSA) is 91.6 Å². The first-order chi connectivity index (χ1) is 20.3. The normalized spacial score (nSPS) is 16.7. The van der Waals surface area contributed by atoms with E-state index in [-0.39, 0.29) is 36.2 Å². The molecule has 4 rings (SSSR count). The molecule has 0 spiro atoms. The Bertz CT molecular complexity index is 1470. The minimum absolute atomic E-state index is 0.0387. The minimum atomic E-state index is -5.04. The monoisotopic (exact) mass is 607 g/mol. The van der Waals surface area contributed by atoms with Crippen LogP contribution in [-0.4, -0.2) is 35.8 Å². The Morgan fingerprint density at radius 3 is 2.19 bits per heavy atom. The van der Waals surface area contributed by atoms with E-state index >= 15 is 0 Å². The van der Waals surface area contributed by atoms with E-state index in [9.17, 15) is 36.4 Å². The van der Waals surface area contributed by atoms with E-state index in [1.165, 1.54) is 29.3 Å². The molecular weight excluding hydrogens is 580 g/mol. The summed E-state index contributed by atoms with van der Waals surface area (Å²) in [4.78, 5) is 24.5. The van der Waals surface area contributed by atoms with Crippen LogP contribution in [0, 0.1) is 11.3 Å². The summed E-state index contributed by atoms with van der Waals surface area (Å²) in [7, 11) is 1.43. The van der Waals surface area contributed by atoms with Crippen LogP contribution in [0.15, 0.2) is 48.8 Å². The lowest BCUT2D eigenvalue weighted by molar-refractivity contribution is -0.143. The highest BCUT2D eigenvalue weighted by Gasteiger charge is 2.41. The number of fused-ring (bicyclic) bond motifs is 1. The zero-order chi connectivity index (χ0) is 31.5. The van der Waals surface area contributed by atoms with E-state index in [0.29, 0.717) is 35.6 Å². The number of carbonyl (C=O) groups excluding carboxylic acids is 1. The molecule has 0 bridgehead atoms. The maximum absolute atomic E-state index is 13.7. The van der Waals surface area contributed by atoms with Gasteiger partial charge in [-0.3, -0.25) is 4.90 Å². The predicted octanol–water partition coefficient (Wildman–Crippen LogP) is 7.29. The molecule has 228 valence electrons. The van der Waals surface area contributed by atoms with Crippen LogP contribution >= 0.6 is 0 Å². The molecule has 3 aromatic rings. The Hall–Kier alpha value is -4.54. The number of alkyl halides is 6. The number of nitrogens with zero attached hydrogens (tertiary/aromatic N) is 5. The second-order valence-corrected chi connectivity index (χ2v) is 9.73. The van der Waals surface area contributed by atoms with Crippen LogP contribution in [0.5, 0.6) is 5.75 Å². The van der Waals surface area contributed by atoms with Crippen molar-refractivity contribution < 1.29 is 40.6 Å². The fraction of sp³-hybridized carbons (Fsp3) is 0.379. The zero-order valence-electron chi connectivity index (χ0n) is 23.3. The molecule has 0 saturated heterocycles. The van der Waals surface area contributed by atoms with E-state index in [1.807, 2.05) is 13.0 Å². The molecule has 2 heterocycles. The first kappa shape index (κ1) is 31.4. The van der Waals surface area contributed by atoms with Gasteiger partial charge in [-0.25, -0.2) is 14.8 Å². The quantitative estimate of drug-likeness (QED) is 0.261. The third-order valence-electron chi connectivity index (χ3n) is 7.05. The highest BCUT2D eigenvalue weighted by Crippen LogP contribution is 2.45. The number of amides is 1. The number of nitriles is 1. The molecule has 0 saturated carbocycles. The number of halogens is 6. The number of hydrogen-bond donors (Lipinski definition) is 0. The van der Waals surface area contributed by atoms with Gasteiger partial charge in [0.25, 0.3) is 0 Å². The van der Waals surface area contributed by atoms with Crippen LogP contribution in [0.1, 0.15) is 60.5 Å². The van der Waals surface area contributed by atoms with E-state index in [2.05, 4.69) is 9.97 Å². The molecule has 1 aromatic heterocycles. The van der Waals surface area contributed by atoms with Gasteiger partial charge >= 0.3 is 18.4 Å². The average Bonchev–Trinajstić information content (AvgIpc) is 2.98. The van der Waals surface area contributed by atoms with Crippen molar-refractivity contribution in [2.45, 2.75) is 57.7 Å². The standard InChI is InChI=1S/C29H27F6N5O3/c1-4-21-11-25(23-12-22(42-3)6-7-24(23)40(21)27(41)43-5-2)39(26-37-14-18(13-36)15-38-26)16-17-8-19(28(30,31)32)10-20(9-17)29(33,34)35/h6-10,12,14-15,21,25H,4-5,11,16H2,1-3H3. The van der Waals surface area contributed by atoms with Crippen LogP contribution in [0.3, 0.4) is 0 Å². The Labute approximate surface area is 243 Å². The van der Waals surface area contributed by atoms with Gasteiger partial charge in [0.1, 0.15) is 11.8 Å². The van der Waals surface area contributed by atoms with Gasteiger partial charge in [-0.15, -0.1) is 0 Å². The molecule has 1 aliphatic rings. The molecule has 14 heteroatoms. The van der Waals surface area contributed by atoms with Gasteiger partial charge in [0.15, 0.2) is 0 Å². The number of rotatable bonds is 7. The van der Waals surface area contributed by atoms with E-state index < -0.39 is 48.2 Å². The summed E-state index contributed by atoms with van der Waals surface area (Å²) in [6.07, 6.45) is -7.61. The number of aromatic nitrogens is 2. The summed E-state index contributed by atoms with van der Waals surface area (Å²) in [5, 5.41) is 9.22. The molecule has 43 heavy (non-hydrogen) atoms. The van der Waals surface area contributed by atoms with Crippen molar-refractivity contribution in [3.8, 4) is 11.8 Å². The molecule has 1 aliphatic heterocycles. The van der Waals surface area contributed by atoms with Crippen LogP contribution in [0.25, 0.3) is 0 Å². The molecule has 8 nitrogen and oxygen atoms in total. The van der Waals surface area contributed by atoms with E-state index in [1.54, 1.807) is 25.1 Å². The van der Waals surface area contributed by atoms with Crippen LogP contribution in [0.4, 0.5) is 42.8 Å². The van der Waals surface area contributed by atoms with Gasteiger partial charge in [0.2, 0.25) is 5.95 Å². The van der Waals surface area contributed by atoms with Gasteiger partial charge in [-0.1, -0.05) is 6.92 Å². The number of methoxy groups -OCH3 is 1. The first-order valence-electron chi connectivity index (χ1n) is 13.2. The smallest absolute Gasteiger partial charge is 0.416 e. The summed E-state index contributed by atoms with van der Waals surface area (Å²) in [5.41, 5.74) is -2.17. The van der Waals surface area contributed by atoms with Crippen molar-refractivity contribution in [2.75, 3.05) is 23.5 Å². The second-order valence-electron chi connectivity index (χ2n) is 9.73. The van der Waals surface area contributed by atoms with E-state index in [0.717, 1.165) is 0 Å². The highest BCUT2D eigenvalue weighted by atomic mass is 19.4. The number of carbonyl (C=O) groups is 1. The Morgan fingerprint density at radius 1 is 1.05 bits per heavy atom. The van der Waals surface area contributed by atoms with Crippen molar-refractivity contribution in [1.29, 1.82) is 5.26 Å². The summed E-state index contributed by atoms with van der Waals surface area (Å²) in [6.45, 7) is 3.15. The molecule has 2 unspecified atom stereocenters. The van der Waals surface area contributed by atoms with Crippen molar-refractivity contribution in [3.63, 3.8) is 0 Å². The largest absolute Gasteiger partial charge is 0.497 e. The zero-order valence-corrected chi connectivity index (χ0v) is 23.3. The predicted molar refractivity (Wildman–Crippen MR) is 143 cm³/mol. The van der Waals surface area contributed by atoms with Crippen molar-refractivity contribution >= 4 is 17.7 Å². The lowest BCUT2D eigenvalue weighted by atomic mass is 9.88. The number of hydrogen-bond acceptors (Lipinski definition) is 7. The van der Waals surface area contributed by atoms with Gasteiger partial charge in [-0.05, 0) is 61.7 Å². The average molecular weight is 608 g/mol. The summed E-state index contributed by atoms with van der Waals surface area (Å²) in [5.74, 6) is 0.366. The van der Waals surface area contributed by atoms with Crippen molar-refractivity contribution in [2.24, 2.45) is 0 Å². The third kappa shape index (κ3) is 6.76. The Kier molecular flexibility index (Phi) is 9.03. The number of anilines is 2. The molecule has 0 fully saturated rings. The molecule has 0 aliphatic carbocycles. The molecule has 0 N–H and O–H groups in total. The third-order valence-corrected chi connectivity index (χ3v) is 7.05. The first-order valence-corrected chi connectivity index (χ1v) is 13.2. The van der Waals surface area contributed by atoms with Crippen molar-refractivity contribution in [1.82, 2.24) is 9.97 Å². The Balaban J connectivity index is 1.93. The second kappa shape index (κ2) is 12.4. The lowest BCUT2D eigenvalue weighted by Crippen LogP contribution is -2.48. The number of ether oxygens (including phenoxy) is 2. The van der Waals surface area contributed by atoms with Gasteiger partial charge in [-0.2, -0.15) is 31.6 Å².